The SMILES string of the molecule is CC(C)c1ccc(OCC(=O)NC2CCOc3ccc(Br)cc32)cc1. The molecule has 3 rings (SSSR count). The molecule has 1 unspecified atom stereocenters. The summed E-state index contributed by atoms with van der Waals surface area (Å²) in [6.07, 6.45) is 0.748. The molecule has 25 heavy (non-hydrogen) atoms. The summed E-state index contributed by atoms with van der Waals surface area (Å²) < 4.78 is 12.2. The molecular formula is C20H22BrNO3. The van der Waals surface area contributed by atoms with Crippen molar-refractivity contribution in [1.82, 2.24) is 5.32 Å². The summed E-state index contributed by atoms with van der Waals surface area (Å²) in [5, 5.41) is 3.04. The molecule has 1 aliphatic rings. The lowest BCUT2D eigenvalue weighted by molar-refractivity contribution is -0.124. The van der Waals surface area contributed by atoms with Crippen LogP contribution in [0.5, 0.6) is 11.5 Å². The molecule has 0 saturated heterocycles. The number of hydrogen-bond acceptors (Lipinski definition) is 3. The van der Waals surface area contributed by atoms with Crippen LogP contribution in [0.25, 0.3) is 0 Å². The van der Waals surface area contributed by atoms with E-state index in [-0.39, 0.29) is 18.6 Å². The van der Waals surface area contributed by atoms with Crippen LogP contribution in [0, 0.1) is 0 Å². The van der Waals surface area contributed by atoms with Gasteiger partial charge in [0.15, 0.2) is 6.61 Å². The molecule has 0 fully saturated rings. The maximum Gasteiger partial charge on any atom is 0.258 e. The Morgan fingerprint density at radius 2 is 2.04 bits per heavy atom. The van der Waals surface area contributed by atoms with Crippen molar-refractivity contribution in [2.75, 3.05) is 13.2 Å². The lowest BCUT2D eigenvalue weighted by Crippen LogP contribution is -2.35. The second-order valence-electron chi connectivity index (χ2n) is 6.45. The highest BCUT2D eigenvalue weighted by molar-refractivity contribution is 9.10. The number of nitrogens with one attached hydrogen (secondary N) is 1. The minimum Gasteiger partial charge on any atom is -0.493 e. The molecule has 0 aromatic heterocycles. The van der Waals surface area contributed by atoms with Crippen LogP contribution in [0.3, 0.4) is 0 Å². The molecule has 2 aromatic carbocycles. The van der Waals surface area contributed by atoms with Crippen LogP contribution in [0.1, 0.15) is 43.4 Å². The van der Waals surface area contributed by atoms with Crippen LogP contribution in [0.4, 0.5) is 0 Å². The lowest BCUT2D eigenvalue weighted by atomic mass is 10.0. The molecular weight excluding hydrogens is 382 g/mol. The van der Waals surface area contributed by atoms with Gasteiger partial charge in [-0.05, 0) is 41.8 Å². The summed E-state index contributed by atoms with van der Waals surface area (Å²) in [6, 6.07) is 13.7. The molecule has 132 valence electrons. The van der Waals surface area contributed by atoms with Crippen molar-refractivity contribution in [3.63, 3.8) is 0 Å². The van der Waals surface area contributed by atoms with Gasteiger partial charge in [0.1, 0.15) is 11.5 Å². The van der Waals surface area contributed by atoms with Crippen LogP contribution in [0.2, 0.25) is 0 Å². The van der Waals surface area contributed by atoms with Crippen LogP contribution in [-0.4, -0.2) is 19.1 Å². The van der Waals surface area contributed by atoms with Crippen molar-refractivity contribution in [2.45, 2.75) is 32.2 Å². The van der Waals surface area contributed by atoms with Gasteiger partial charge in [-0.1, -0.05) is 41.9 Å². The largest absolute Gasteiger partial charge is 0.493 e. The number of fused-ring (bicyclic) bond motifs is 1. The third kappa shape index (κ3) is 4.54. The maximum atomic E-state index is 12.3. The molecule has 1 atom stereocenters. The summed E-state index contributed by atoms with van der Waals surface area (Å²) in [7, 11) is 0. The van der Waals surface area contributed by atoms with E-state index in [1.54, 1.807) is 0 Å². The minimum absolute atomic E-state index is 0.00171. The Hall–Kier alpha value is -2.01. The highest BCUT2D eigenvalue weighted by Gasteiger charge is 2.23. The number of halogens is 1. The lowest BCUT2D eigenvalue weighted by Gasteiger charge is -2.27. The quantitative estimate of drug-likeness (QED) is 0.793. The van der Waals surface area contributed by atoms with Crippen molar-refractivity contribution in [3.05, 3.63) is 58.1 Å². The zero-order valence-corrected chi connectivity index (χ0v) is 16.0. The highest BCUT2D eigenvalue weighted by Crippen LogP contribution is 2.34. The third-order valence-electron chi connectivity index (χ3n) is 4.26. The standard InChI is InChI=1S/C20H22BrNO3/c1-13(2)14-3-6-16(7-4-14)25-12-20(23)22-18-9-10-24-19-8-5-15(21)11-17(18)19/h3-8,11,13,18H,9-10,12H2,1-2H3,(H,22,23). The van der Waals surface area contributed by atoms with Crippen molar-refractivity contribution in [3.8, 4) is 11.5 Å². The van der Waals surface area contributed by atoms with E-state index in [1.165, 1.54) is 5.56 Å². The van der Waals surface area contributed by atoms with Gasteiger partial charge in [-0.15, -0.1) is 0 Å². The van der Waals surface area contributed by atoms with Crippen LogP contribution < -0.4 is 14.8 Å². The first kappa shape index (κ1) is 17.8. The number of ether oxygens (including phenoxy) is 2. The molecule has 2 aromatic rings. The molecule has 0 aliphatic carbocycles. The smallest absolute Gasteiger partial charge is 0.258 e. The molecule has 0 radical (unpaired) electrons. The number of carbonyl (C=O) groups excluding carboxylic acids is 1. The number of carbonyl (C=O) groups is 1. The predicted molar refractivity (Wildman–Crippen MR) is 101 cm³/mol. The predicted octanol–water partition coefficient (Wildman–Crippen LogP) is 4.59. The first-order chi connectivity index (χ1) is 12.0. The second-order valence-corrected chi connectivity index (χ2v) is 7.37. The fourth-order valence-electron chi connectivity index (χ4n) is 2.85. The average molecular weight is 404 g/mol. The van der Waals surface area contributed by atoms with E-state index < -0.39 is 0 Å². The Balaban J connectivity index is 1.57. The summed E-state index contributed by atoms with van der Waals surface area (Å²) in [6.45, 7) is 4.89. The zero-order valence-electron chi connectivity index (χ0n) is 14.4. The van der Waals surface area contributed by atoms with Crippen molar-refractivity contribution >= 4 is 21.8 Å². The molecule has 0 spiro atoms. The molecule has 0 bridgehead atoms. The number of hydrogen-bond donors (Lipinski definition) is 1. The van der Waals surface area contributed by atoms with Crippen molar-refractivity contribution in [2.24, 2.45) is 0 Å². The van der Waals surface area contributed by atoms with E-state index >= 15 is 0 Å². The van der Waals surface area contributed by atoms with E-state index in [9.17, 15) is 4.79 Å². The Morgan fingerprint density at radius 3 is 2.76 bits per heavy atom. The van der Waals surface area contributed by atoms with Crippen molar-refractivity contribution in [1.29, 1.82) is 0 Å². The fourth-order valence-corrected chi connectivity index (χ4v) is 3.23. The van der Waals surface area contributed by atoms with E-state index in [0.717, 1.165) is 22.2 Å². The van der Waals surface area contributed by atoms with Gasteiger partial charge in [-0.3, -0.25) is 4.79 Å². The van der Waals surface area contributed by atoms with Gasteiger partial charge in [0.05, 0.1) is 12.6 Å². The van der Waals surface area contributed by atoms with Crippen LogP contribution in [-0.2, 0) is 4.79 Å². The van der Waals surface area contributed by atoms with Gasteiger partial charge < -0.3 is 14.8 Å². The van der Waals surface area contributed by atoms with Gasteiger partial charge in [0.25, 0.3) is 5.91 Å². The monoisotopic (exact) mass is 403 g/mol. The van der Waals surface area contributed by atoms with E-state index in [4.69, 9.17) is 9.47 Å². The van der Waals surface area contributed by atoms with Crippen molar-refractivity contribution < 1.29 is 14.3 Å². The normalized spacial score (nSPS) is 16.1. The fraction of sp³-hybridized carbons (Fsp3) is 0.350. The number of rotatable bonds is 5. The Labute approximate surface area is 156 Å². The van der Waals surface area contributed by atoms with Gasteiger partial charge >= 0.3 is 0 Å². The Kier molecular flexibility index (Phi) is 5.63. The molecule has 1 amide bonds. The van der Waals surface area contributed by atoms with Gasteiger partial charge in [0.2, 0.25) is 0 Å². The Morgan fingerprint density at radius 1 is 1.28 bits per heavy atom. The molecule has 5 heteroatoms. The molecule has 1 aliphatic heterocycles. The summed E-state index contributed by atoms with van der Waals surface area (Å²) in [5.41, 5.74) is 2.25. The van der Waals surface area contributed by atoms with Crippen LogP contribution >= 0.6 is 15.9 Å². The minimum atomic E-state index is -0.134. The number of amides is 1. The molecule has 0 saturated carbocycles. The number of benzene rings is 2. The van der Waals surface area contributed by atoms with E-state index in [1.807, 2.05) is 42.5 Å². The highest BCUT2D eigenvalue weighted by atomic mass is 79.9. The summed E-state index contributed by atoms with van der Waals surface area (Å²) in [4.78, 5) is 12.3. The van der Waals surface area contributed by atoms with E-state index in [2.05, 4.69) is 35.1 Å². The Bertz CT molecular complexity index is 743. The van der Waals surface area contributed by atoms with Crippen LogP contribution in [0.15, 0.2) is 46.9 Å². The topological polar surface area (TPSA) is 47.6 Å². The summed E-state index contributed by atoms with van der Waals surface area (Å²) in [5.74, 6) is 1.87. The van der Waals surface area contributed by atoms with Gasteiger partial charge in [-0.2, -0.15) is 0 Å². The maximum absolute atomic E-state index is 12.3. The zero-order chi connectivity index (χ0) is 17.8. The van der Waals surface area contributed by atoms with E-state index in [0.29, 0.717) is 18.3 Å². The molecule has 4 nitrogen and oxygen atoms in total. The van der Waals surface area contributed by atoms with Gasteiger partial charge in [0, 0.05) is 16.5 Å². The first-order valence-electron chi connectivity index (χ1n) is 8.47. The summed E-state index contributed by atoms with van der Waals surface area (Å²) >= 11 is 3.47. The van der Waals surface area contributed by atoms with Gasteiger partial charge in [-0.25, -0.2) is 0 Å². The average Bonchev–Trinajstić information content (AvgIpc) is 2.61. The molecule has 1 heterocycles. The first-order valence-corrected chi connectivity index (χ1v) is 9.26. The molecule has 1 N–H and O–H groups in total. The third-order valence-corrected chi connectivity index (χ3v) is 4.76. The second kappa shape index (κ2) is 7.91.